The van der Waals surface area contributed by atoms with Gasteiger partial charge in [0.05, 0.1) is 31.6 Å². The van der Waals surface area contributed by atoms with Crippen LogP contribution in [0.2, 0.25) is 18.6 Å². The number of rotatable bonds is 11. The number of aryl methyl sites for hydroxylation is 1. The lowest BCUT2D eigenvalue weighted by molar-refractivity contribution is -0.146. The molecule has 2 aliphatic heterocycles. The number of hydrogen-bond donors (Lipinski definition) is 3. The van der Waals surface area contributed by atoms with Crippen molar-refractivity contribution in [1.29, 1.82) is 0 Å². The highest BCUT2D eigenvalue weighted by molar-refractivity contribution is 6.71. The fourth-order valence-electron chi connectivity index (χ4n) is 7.89. The van der Waals surface area contributed by atoms with Gasteiger partial charge in [0.2, 0.25) is 0 Å². The second kappa shape index (κ2) is 14.1. The number of para-hydroxylation sites is 1. The van der Waals surface area contributed by atoms with E-state index in [0.29, 0.717) is 42.2 Å². The topological polar surface area (TPSA) is 139 Å². The third-order valence-electron chi connectivity index (χ3n) is 10.4. The van der Waals surface area contributed by atoms with Crippen LogP contribution in [-0.2, 0) is 28.2 Å². The number of aliphatic hydroxyl groups is 1. The number of nitrogens with one attached hydrogen (secondary N) is 1. The molecule has 0 unspecified atom stereocenters. The molecular weight excluding hydrogens is 675 g/mol. The number of methoxy groups -OCH3 is 1. The van der Waals surface area contributed by atoms with Crippen molar-refractivity contribution in [2.45, 2.75) is 62.9 Å². The molecular formula is C40H43N5O6Si. The first kappa shape index (κ1) is 35.3. The molecule has 268 valence electrons. The first-order chi connectivity index (χ1) is 25.0. The summed E-state index contributed by atoms with van der Waals surface area (Å²) in [6.45, 7) is 6.58. The molecule has 2 amide bonds. The van der Waals surface area contributed by atoms with E-state index in [1.54, 1.807) is 47.2 Å². The second-order valence-electron chi connectivity index (χ2n) is 14.2. The summed E-state index contributed by atoms with van der Waals surface area (Å²) in [4.78, 5) is 41.0. The molecule has 3 heterocycles. The van der Waals surface area contributed by atoms with Crippen molar-refractivity contribution >= 4 is 31.5 Å². The molecule has 2 aliphatic rings. The zero-order valence-corrected chi connectivity index (χ0v) is 30.6. The number of nitrogens with zero attached hydrogens (tertiary/aromatic N) is 4. The summed E-state index contributed by atoms with van der Waals surface area (Å²) in [7, 11) is -1.28. The molecule has 4 aromatic carbocycles. The van der Waals surface area contributed by atoms with E-state index in [-0.39, 0.29) is 23.3 Å². The monoisotopic (exact) mass is 717 g/mol. The van der Waals surface area contributed by atoms with Crippen molar-refractivity contribution in [2.75, 3.05) is 17.3 Å². The molecule has 1 spiro atoms. The van der Waals surface area contributed by atoms with E-state index in [1.807, 2.05) is 98.9 Å². The number of aromatic nitrogens is 3. The summed E-state index contributed by atoms with van der Waals surface area (Å²) in [6.07, 6.45) is 0.914. The third-order valence-corrected chi connectivity index (χ3v) is 12.9. The molecule has 11 nitrogen and oxygen atoms in total. The molecule has 0 radical (unpaired) electrons. The Labute approximate surface area is 304 Å². The smallest absolute Gasteiger partial charge is 0.264 e. The van der Waals surface area contributed by atoms with Gasteiger partial charge in [-0.05, 0) is 73.1 Å². The molecule has 0 aliphatic carbocycles. The Bertz CT molecular complexity index is 2050. The lowest BCUT2D eigenvalue weighted by atomic mass is 9.82. The van der Waals surface area contributed by atoms with Crippen molar-refractivity contribution in [3.63, 3.8) is 0 Å². The minimum absolute atomic E-state index is 0.155. The minimum Gasteiger partial charge on any atom is -0.497 e. The maximum absolute atomic E-state index is 14.7. The van der Waals surface area contributed by atoms with Crippen molar-refractivity contribution in [3.8, 4) is 5.75 Å². The summed E-state index contributed by atoms with van der Waals surface area (Å²) in [5.41, 5.74) is 3.29. The van der Waals surface area contributed by atoms with Gasteiger partial charge >= 0.3 is 0 Å². The normalized spacial score (nSPS) is 21.7. The van der Waals surface area contributed by atoms with Crippen LogP contribution in [0.5, 0.6) is 5.75 Å². The number of hydrogen-bond acceptors (Lipinski definition) is 8. The first-order valence-electron chi connectivity index (χ1n) is 17.5. The maximum Gasteiger partial charge on any atom is 0.264 e. The predicted molar refractivity (Wildman–Crippen MR) is 199 cm³/mol. The summed E-state index contributed by atoms with van der Waals surface area (Å²) in [6, 6.07) is 31.4. The highest BCUT2D eigenvalue weighted by Crippen LogP contribution is 2.59. The average Bonchev–Trinajstić information content (AvgIpc) is 3.82. The SMILES string of the molecule is COc1ccc(C(=O)Nc2ccc(CN3C(=O)[C@@]4(O[C@@H](CCn5cc([C@H](O)c6ccccc6)nn5)[C@H]([Si](C)(C)O)[C@H]4C)c4ccccc43)cc2)cc1. The molecule has 7 rings (SSSR count). The molecule has 1 fully saturated rings. The van der Waals surface area contributed by atoms with E-state index in [9.17, 15) is 19.5 Å². The summed E-state index contributed by atoms with van der Waals surface area (Å²) >= 11 is 0. The second-order valence-corrected chi connectivity index (χ2v) is 18.1. The van der Waals surface area contributed by atoms with Crippen LogP contribution in [0.4, 0.5) is 11.4 Å². The van der Waals surface area contributed by atoms with E-state index < -0.39 is 26.1 Å². The fourth-order valence-corrected chi connectivity index (χ4v) is 10.5. The fraction of sp³-hybridized carbons (Fsp3) is 0.300. The Morgan fingerprint density at radius 1 is 1.00 bits per heavy atom. The number of fused-ring (bicyclic) bond motifs is 2. The van der Waals surface area contributed by atoms with Gasteiger partial charge in [0, 0.05) is 34.8 Å². The number of aliphatic hydroxyl groups excluding tert-OH is 1. The number of carbonyl (C=O) groups excluding carboxylic acids is 2. The van der Waals surface area contributed by atoms with Crippen LogP contribution in [0, 0.1) is 5.92 Å². The van der Waals surface area contributed by atoms with Crippen molar-refractivity contribution in [1.82, 2.24) is 15.0 Å². The van der Waals surface area contributed by atoms with Gasteiger partial charge in [0.25, 0.3) is 11.8 Å². The van der Waals surface area contributed by atoms with Crippen LogP contribution in [-0.4, -0.2) is 58.2 Å². The number of ether oxygens (including phenoxy) is 2. The Morgan fingerprint density at radius 2 is 1.69 bits per heavy atom. The van der Waals surface area contributed by atoms with Crippen LogP contribution in [0.15, 0.2) is 109 Å². The van der Waals surface area contributed by atoms with E-state index in [2.05, 4.69) is 15.6 Å². The van der Waals surface area contributed by atoms with E-state index >= 15 is 0 Å². The van der Waals surface area contributed by atoms with Crippen LogP contribution in [0.25, 0.3) is 0 Å². The molecule has 52 heavy (non-hydrogen) atoms. The number of amides is 2. The third kappa shape index (κ3) is 6.54. The molecule has 5 aromatic rings. The molecule has 5 atom stereocenters. The minimum atomic E-state index is -2.86. The highest BCUT2D eigenvalue weighted by atomic mass is 28.4. The molecule has 12 heteroatoms. The van der Waals surface area contributed by atoms with Gasteiger partial charge in [-0.3, -0.25) is 14.3 Å². The van der Waals surface area contributed by atoms with Gasteiger partial charge in [-0.1, -0.05) is 72.8 Å². The van der Waals surface area contributed by atoms with E-state index in [0.717, 1.165) is 22.4 Å². The number of anilines is 2. The summed E-state index contributed by atoms with van der Waals surface area (Å²) in [5.74, 6) is -0.0165. The largest absolute Gasteiger partial charge is 0.497 e. The Hall–Kier alpha value is -5.14. The summed E-state index contributed by atoms with van der Waals surface area (Å²) < 4.78 is 13.8. The molecule has 0 saturated carbocycles. The van der Waals surface area contributed by atoms with Crippen LogP contribution in [0.3, 0.4) is 0 Å². The number of benzene rings is 4. The van der Waals surface area contributed by atoms with Gasteiger partial charge in [0.1, 0.15) is 17.5 Å². The van der Waals surface area contributed by atoms with Gasteiger partial charge in [-0.15, -0.1) is 5.10 Å². The first-order valence-corrected chi connectivity index (χ1v) is 20.5. The molecule has 1 aromatic heterocycles. The summed E-state index contributed by atoms with van der Waals surface area (Å²) in [5, 5.41) is 22.2. The van der Waals surface area contributed by atoms with Crippen LogP contribution >= 0.6 is 0 Å². The zero-order chi connectivity index (χ0) is 36.6. The maximum atomic E-state index is 14.7. The number of carbonyl (C=O) groups is 2. The lowest BCUT2D eigenvalue weighted by Crippen LogP contribution is -2.46. The Balaban J connectivity index is 1.09. The Kier molecular flexibility index (Phi) is 9.57. The van der Waals surface area contributed by atoms with Gasteiger partial charge in [-0.25, -0.2) is 0 Å². The van der Waals surface area contributed by atoms with E-state index in [4.69, 9.17) is 9.47 Å². The van der Waals surface area contributed by atoms with Gasteiger partial charge < -0.3 is 29.6 Å². The van der Waals surface area contributed by atoms with E-state index in [1.165, 1.54) is 0 Å². The molecule has 1 saturated heterocycles. The molecule has 0 bridgehead atoms. The Morgan fingerprint density at radius 3 is 2.38 bits per heavy atom. The van der Waals surface area contributed by atoms with Crippen molar-refractivity contribution < 1.29 is 29.0 Å². The van der Waals surface area contributed by atoms with Crippen molar-refractivity contribution in [3.05, 3.63) is 137 Å². The van der Waals surface area contributed by atoms with Gasteiger partial charge in [-0.2, -0.15) is 0 Å². The van der Waals surface area contributed by atoms with Crippen LogP contribution in [0.1, 0.15) is 52.2 Å². The highest BCUT2D eigenvalue weighted by Gasteiger charge is 2.66. The van der Waals surface area contributed by atoms with Crippen LogP contribution < -0.4 is 15.0 Å². The average molecular weight is 718 g/mol. The predicted octanol–water partition coefficient (Wildman–Crippen LogP) is 6.06. The molecule has 3 N–H and O–H groups in total. The standard InChI is InChI=1S/C40H43N5O6Si/c1-26-37(52(3,4)49)35(22-23-44-25-33(42-43-44)36(46)28-10-6-5-7-11-28)51-40(26)32-12-8-9-13-34(32)45(39(40)48)24-27-14-18-30(19-15-27)41-38(47)29-16-20-31(50-2)21-17-29/h5-21,25-26,35-37,46,49H,22-24H2,1-4H3,(H,41,47)/t26-,35+,36-,37-,40+/m1/s1. The lowest BCUT2D eigenvalue weighted by Gasteiger charge is -2.32. The van der Waals surface area contributed by atoms with Crippen molar-refractivity contribution in [2.24, 2.45) is 5.92 Å². The zero-order valence-electron chi connectivity index (χ0n) is 29.6. The van der Waals surface area contributed by atoms with Gasteiger partial charge in [0.15, 0.2) is 13.9 Å². The quantitative estimate of drug-likeness (QED) is 0.140.